The summed E-state index contributed by atoms with van der Waals surface area (Å²) in [5, 5.41) is 6.09. The molecule has 1 unspecified atom stereocenters. The van der Waals surface area contributed by atoms with Crippen molar-refractivity contribution in [1.82, 2.24) is 15.5 Å². The molecule has 2 heterocycles. The van der Waals surface area contributed by atoms with Gasteiger partial charge in [0.1, 0.15) is 17.3 Å². The Morgan fingerprint density at radius 1 is 1.10 bits per heavy atom. The fourth-order valence-corrected chi connectivity index (χ4v) is 5.31. The third-order valence-corrected chi connectivity index (χ3v) is 7.01. The van der Waals surface area contributed by atoms with Crippen LogP contribution in [-0.2, 0) is 20.9 Å². The zero-order chi connectivity index (χ0) is 21.0. The van der Waals surface area contributed by atoms with Gasteiger partial charge in [-0.1, -0.05) is 38.5 Å². The molecule has 2 N–H and O–H groups in total. The largest absolute Gasteiger partial charge is 0.467 e. The third-order valence-electron chi connectivity index (χ3n) is 7.01. The van der Waals surface area contributed by atoms with E-state index in [-0.39, 0.29) is 30.3 Å². The molecule has 0 radical (unpaired) electrons. The van der Waals surface area contributed by atoms with Gasteiger partial charge in [-0.15, -0.1) is 0 Å². The smallest absolute Gasteiger partial charge is 0.246 e. The number of carbonyl (C=O) groups excluding carboxylic acids is 3. The van der Waals surface area contributed by atoms with Crippen LogP contribution < -0.4 is 10.6 Å². The molecule has 7 nitrogen and oxygen atoms in total. The van der Waals surface area contributed by atoms with Crippen molar-refractivity contribution in [3.8, 4) is 0 Å². The zero-order valence-electron chi connectivity index (χ0n) is 17.7. The molecular formula is C23H33N3O4. The molecule has 1 saturated heterocycles. The number of nitrogens with one attached hydrogen (secondary N) is 2. The van der Waals surface area contributed by atoms with E-state index in [0.717, 1.165) is 44.9 Å². The van der Waals surface area contributed by atoms with Gasteiger partial charge in [-0.3, -0.25) is 14.4 Å². The molecule has 1 aromatic rings. The minimum atomic E-state index is -0.882. The van der Waals surface area contributed by atoms with Crippen molar-refractivity contribution in [2.45, 2.75) is 101 Å². The molecule has 0 aromatic carbocycles. The molecule has 30 heavy (non-hydrogen) atoms. The van der Waals surface area contributed by atoms with Crippen LogP contribution in [0.15, 0.2) is 22.8 Å². The Morgan fingerprint density at radius 2 is 1.83 bits per heavy atom. The number of furan rings is 1. The monoisotopic (exact) mass is 415 g/mol. The van der Waals surface area contributed by atoms with Gasteiger partial charge >= 0.3 is 0 Å². The van der Waals surface area contributed by atoms with Gasteiger partial charge in [0.2, 0.25) is 17.7 Å². The molecule has 1 aliphatic heterocycles. The second-order valence-electron chi connectivity index (χ2n) is 9.06. The quantitative estimate of drug-likeness (QED) is 0.747. The summed E-state index contributed by atoms with van der Waals surface area (Å²) in [6.07, 6.45) is 12.1. The molecule has 164 valence electrons. The van der Waals surface area contributed by atoms with E-state index < -0.39 is 11.6 Å². The minimum absolute atomic E-state index is 0.0293. The molecule has 2 saturated carbocycles. The van der Waals surface area contributed by atoms with Gasteiger partial charge in [0.15, 0.2) is 0 Å². The first kappa shape index (κ1) is 20.9. The second-order valence-corrected chi connectivity index (χ2v) is 9.06. The van der Waals surface area contributed by atoms with Crippen molar-refractivity contribution in [3.63, 3.8) is 0 Å². The van der Waals surface area contributed by atoms with E-state index in [0.29, 0.717) is 31.4 Å². The predicted molar refractivity (Wildman–Crippen MR) is 111 cm³/mol. The maximum absolute atomic E-state index is 13.7. The Labute approximate surface area is 177 Å². The molecular weight excluding hydrogens is 382 g/mol. The number of nitrogens with zero attached hydrogens (tertiary/aromatic N) is 1. The fourth-order valence-electron chi connectivity index (χ4n) is 5.31. The van der Waals surface area contributed by atoms with E-state index in [9.17, 15) is 14.4 Å². The number of rotatable bonds is 6. The molecule has 1 aromatic heterocycles. The highest BCUT2D eigenvalue weighted by Crippen LogP contribution is 2.37. The lowest BCUT2D eigenvalue weighted by molar-refractivity contribution is -0.153. The van der Waals surface area contributed by atoms with Crippen LogP contribution in [0.1, 0.15) is 82.8 Å². The molecule has 2 aliphatic carbocycles. The van der Waals surface area contributed by atoms with Crippen molar-refractivity contribution in [1.29, 1.82) is 0 Å². The Hall–Kier alpha value is -2.31. The molecule has 1 atom stereocenters. The van der Waals surface area contributed by atoms with E-state index in [1.54, 1.807) is 17.2 Å². The Morgan fingerprint density at radius 3 is 2.47 bits per heavy atom. The Balaban J connectivity index is 1.62. The van der Waals surface area contributed by atoms with E-state index in [4.69, 9.17) is 4.42 Å². The number of amides is 3. The first-order valence-corrected chi connectivity index (χ1v) is 11.5. The first-order chi connectivity index (χ1) is 14.6. The van der Waals surface area contributed by atoms with Gasteiger partial charge < -0.3 is 20.0 Å². The molecule has 3 amide bonds. The maximum atomic E-state index is 13.7. The number of hydrogen-bond acceptors (Lipinski definition) is 4. The first-order valence-electron chi connectivity index (χ1n) is 11.5. The minimum Gasteiger partial charge on any atom is -0.467 e. The zero-order valence-corrected chi connectivity index (χ0v) is 17.7. The van der Waals surface area contributed by atoms with E-state index >= 15 is 0 Å². The lowest BCUT2D eigenvalue weighted by Crippen LogP contribution is -2.64. The van der Waals surface area contributed by atoms with Crippen LogP contribution >= 0.6 is 0 Å². The summed E-state index contributed by atoms with van der Waals surface area (Å²) < 4.78 is 5.55. The summed E-state index contributed by atoms with van der Waals surface area (Å²) in [6.45, 7) is 0.246. The van der Waals surface area contributed by atoms with Gasteiger partial charge in [0, 0.05) is 12.5 Å². The van der Waals surface area contributed by atoms with Crippen molar-refractivity contribution in [2.24, 2.45) is 0 Å². The Kier molecular flexibility index (Phi) is 6.44. The van der Waals surface area contributed by atoms with Gasteiger partial charge in [-0.2, -0.15) is 0 Å². The van der Waals surface area contributed by atoms with Crippen LogP contribution in [0.5, 0.6) is 0 Å². The molecule has 4 rings (SSSR count). The van der Waals surface area contributed by atoms with Crippen molar-refractivity contribution < 1.29 is 18.8 Å². The second kappa shape index (κ2) is 9.23. The van der Waals surface area contributed by atoms with E-state index in [2.05, 4.69) is 10.6 Å². The van der Waals surface area contributed by atoms with Gasteiger partial charge in [0.25, 0.3) is 0 Å². The summed E-state index contributed by atoms with van der Waals surface area (Å²) in [6, 6.07) is 3.26. The standard InChI is InChI=1S/C23H33N3O4/c27-20-12-11-19(25-20)21(28)26(16-18-10-7-15-30-18)23(13-5-2-6-14-23)22(29)24-17-8-3-1-4-9-17/h7,10,15,17,19H,1-6,8-9,11-14,16H2,(H,24,29)(H,25,27). The lowest BCUT2D eigenvalue weighted by Gasteiger charge is -2.46. The highest BCUT2D eigenvalue weighted by atomic mass is 16.3. The van der Waals surface area contributed by atoms with Crippen LogP contribution in [0.4, 0.5) is 0 Å². The van der Waals surface area contributed by atoms with Crippen LogP contribution in [0, 0.1) is 0 Å². The van der Waals surface area contributed by atoms with Crippen molar-refractivity contribution in [2.75, 3.05) is 0 Å². The van der Waals surface area contributed by atoms with Crippen LogP contribution in [0.3, 0.4) is 0 Å². The van der Waals surface area contributed by atoms with E-state index in [1.807, 2.05) is 6.07 Å². The summed E-state index contributed by atoms with van der Waals surface area (Å²) in [4.78, 5) is 40.8. The van der Waals surface area contributed by atoms with Crippen LogP contribution in [0.2, 0.25) is 0 Å². The van der Waals surface area contributed by atoms with Gasteiger partial charge in [0.05, 0.1) is 12.8 Å². The summed E-state index contributed by atoms with van der Waals surface area (Å²) in [7, 11) is 0. The topological polar surface area (TPSA) is 91.7 Å². The normalized spacial score (nSPS) is 24.3. The van der Waals surface area contributed by atoms with Crippen molar-refractivity contribution >= 4 is 17.7 Å². The summed E-state index contributed by atoms with van der Waals surface area (Å²) in [5.74, 6) is 0.356. The molecule has 0 bridgehead atoms. The average Bonchev–Trinajstić information content (AvgIpc) is 3.44. The van der Waals surface area contributed by atoms with Crippen LogP contribution in [-0.4, -0.2) is 40.2 Å². The van der Waals surface area contributed by atoms with E-state index in [1.165, 1.54) is 6.42 Å². The van der Waals surface area contributed by atoms with Gasteiger partial charge in [-0.25, -0.2) is 0 Å². The van der Waals surface area contributed by atoms with Crippen LogP contribution in [0.25, 0.3) is 0 Å². The average molecular weight is 416 g/mol. The highest BCUT2D eigenvalue weighted by molar-refractivity contribution is 5.96. The summed E-state index contributed by atoms with van der Waals surface area (Å²) in [5.41, 5.74) is -0.882. The lowest BCUT2D eigenvalue weighted by atomic mass is 9.78. The molecule has 7 heteroatoms. The van der Waals surface area contributed by atoms with Gasteiger partial charge in [-0.05, 0) is 44.2 Å². The molecule has 0 spiro atoms. The van der Waals surface area contributed by atoms with Crippen molar-refractivity contribution in [3.05, 3.63) is 24.2 Å². The maximum Gasteiger partial charge on any atom is 0.246 e. The fraction of sp³-hybridized carbons (Fsp3) is 0.696. The number of carbonyl (C=O) groups is 3. The molecule has 3 aliphatic rings. The Bertz CT molecular complexity index is 749. The summed E-state index contributed by atoms with van der Waals surface area (Å²) >= 11 is 0. The third kappa shape index (κ3) is 4.40. The molecule has 3 fully saturated rings. The SMILES string of the molecule is O=C1CCC(C(=O)N(Cc2ccco2)C2(C(=O)NC3CCCCC3)CCCCC2)N1. The highest BCUT2D eigenvalue weighted by Gasteiger charge is 2.49. The number of hydrogen-bond donors (Lipinski definition) is 2. The predicted octanol–water partition coefficient (Wildman–Crippen LogP) is 3.04.